The van der Waals surface area contributed by atoms with Crippen molar-refractivity contribution >= 4 is 34.4 Å². The monoisotopic (exact) mass is 364 g/mol. The molecular weight excluding hydrogens is 345 g/mol. The number of nitrogens with zero attached hydrogens (tertiary/aromatic N) is 2. The molecule has 1 aromatic rings. The maximum absolute atomic E-state index is 14.6. The first-order valence-corrected chi connectivity index (χ1v) is 16.7. The van der Waals surface area contributed by atoms with Gasteiger partial charge in [0.05, 0.1) is 0 Å². The Labute approximate surface area is 118 Å². The maximum atomic E-state index is 14.6. The number of allylic oxidation sites excluding steroid dienone is 2. The second kappa shape index (κ2) is 5.66. The number of halogens is 1. The number of nitriles is 1. The van der Waals surface area contributed by atoms with E-state index < -0.39 is 18.4 Å². The van der Waals surface area contributed by atoms with E-state index in [2.05, 4.69) is 25.8 Å². The van der Waals surface area contributed by atoms with E-state index in [1.165, 1.54) is 0 Å². The van der Waals surface area contributed by atoms with Gasteiger partial charge in [0, 0.05) is 0 Å². The summed E-state index contributed by atoms with van der Waals surface area (Å²) >= 11 is -2.51. The fourth-order valence-electron chi connectivity index (χ4n) is 2.41. The van der Waals surface area contributed by atoms with Crippen LogP contribution in [-0.4, -0.2) is 30.1 Å². The molecule has 0 N–H and O–H groups in total. The molecule has 0 atom stereocenters. The van der Waals surface area contributed by atoms with Gasteiger partial charge < -0.3 is 0 Å². The van der Waals surface area contributed by atoms with Gasteiger partial charge in [-0.25, -0.2) is 0 Å². The Hall–Kier alpha value is -0.826. The molecule has 2 rings (SSSR count). The second-order valence-electron chi connectivity index (χ2n) is 6.10. The van der Waals surface area contributed by atoms with E-state index in [0.717, 1.165) is 28.3 Å². The topological polar surface area (TPSA) is 36.7 Å². The third-order valence-electron chi connectivity index (χ3n) is 3.54. The Morgan fingerprint density at radius 2 is 2.16 bits per heavy atom. The van der Waals surface area contributed by atoms with Crippen LogP contribution < -0.4 is 3.71 Å². The van der Waals surface area contributed by atoms with Gasteiger partial charge in [0.2, 0.25) is 0 Å². The van der Waals surface area contributed by atoms with Gasteiger partial charge in [0.25, 0.3) is 0 Å². The summed E-state index contributed by atoms with van der Waals surface area (Å²) in [6, 6.07) is 1.77. The molecule has 0 radical (unpaired) electrons. The molecule has 1 aliphatic rings. The van der Waals surface area contributed by atoms with Crippen molar-refractivity contribution < 1.29 is 4.39 Å². The summed E-state index contributed by atoms with van der Waals surface area (Å²) in [5.41, 5.74) is 1.75. The fraction of sp³-hybridized carbons (Fsp3) is 0.429. The number of rotatable bonds is 2. The van der Waals surface area contributed by atoms with Crippen LogP contribution in [0.5, 0.6) is 0 Å². The molecule has 5 heteroatoms. The Morgan fingerprint density at radius 3 is 2.68 bits per heavy atom. The summed E-state index contributed by atoms with van der Waals surface area (Å²) in [5, 5.41) is 8.90. The minimum absolute atomic E-state index is 0.0925. The molecule has 0 fully saturated rings. The zero-order chi connectivity index (χ0) is 14.0. The summed E-state index contributed by atoms with van der Waals surface area (Å²) in [6.07, 6.45) is 6.11. The fourth-order valence-corrected chi connectivity index (χ4v) is 5.99. The molecule has 0 bridgehead atoms. The average molecular weight is 363 g/mol. The molecule has 1 aliphatic heterocycles. The van der Waals surface area contributed by atoms with Crippen LogP contribution in [0.1, 0.15) is 12.0 Å². The molecule has 2 heterocycles. The Balaban J connectivity index is 2.38. The van der Waals surface area contributed by atoms with Crippen LogP contribution in [0, 0.1) is 17.0 Å². The van der Waals surface area contributed by atoms with Crippen molar-refractivity contribution in [1.29, 1.82) is 5.26 Å². The van der Waals surface area contributed by atoms with Crippen LogP contribution in [-0.2, 0) is 0 Å². The van der Waals surface area contributed by atoms with E-state index in [1.54, 1.807) is 12.3 Å². The summed E-state index contributed by atoms with van der Waals surface area (Å²) in [5.74, 6) is 2.17. The van der Waals surface area contributed by atoms with E-state index in [1.807, 2.05) is 6.08 Å². The van der Waals surface area contributed by atoms with Crippen molar-refractivity contribution in [2.45, 2.75) is 33.9 Å². The van der Waals surface area contributed by atoms with Crippen molar-refractivity contribution in [3.8, 4) is 5.97 Å². The molecule has 0 spiro atoms. The van der Waals surface area contributed by atoms with E-state index >= 15 is 0 Å². The first-order chi connectivity index (χ1) is 8.93. The van der Waals surface area contributed by atoms with Gasteiger partial charge in [0.1, 0.15) is 0 Å². The van der Waals surface area contributed by atoms with Gasteiger partial charge >= 0.3 is 119 Å². The summed E-state index contributed by atoms with van der Waals surface area (Å²) in [4.78, 5) is 10.8. The van der Waals surface area contributed by atoms with Crippen molar-refractivity contribution in [3.63, 3.8) is 0 Å². The molecule has 0 saturated heterocycles. The van der Waals surface area contributed by atoms with Crippen LogP contribution in [0.25, 0.3) is 5.57 Å². The van der Waals surface area contributed by atoms with Gasteiger partial charge in [-0.2, -0.15) is 0 Å². The number of hydrogen-bond acceptors (Lipinski definition) is 2. The zero-order valence-electron chi connectivity index (χ0n) is 11.7. The predicted octanol–water partition coefficient (Wildman–Crippen LogP) is 3.11. The van der Waals surface area contributed by atoms with Crippen LogP contribution in [0.3, 0.4) is 0 Å². The summed E-state index contributed by atoms with van der Waals surface area (Å²) < 4.78 is 15.3. The average Bonchev–Trinajstić information content (AvgIpc) is 2.38. The Morgan fingerprint density at radius 1 is 1.42 bits per heavy atom. The van der Waals surface area contributed by atoms with Gasteiger partial charge in [-0.15, -0.1) is 0 Å². The normalized spacial score (nSPS) is 15.9. The van der Waals surface area contributed by atoms with Crippen LogP contribution in [0.2, 0.25) is 27.5 Å². The molecule has 0 saturated carbocycles. The van der Waals surface area contributed by atoms with Gasteiger partial charge in [0.15, 0.2) is 0 Å². The zero-order valence-corrected chi connectivity index (χ0v) is 14.6. The molecular formula is C14H18BFN2Sn. The standard InChI is InChI=1S/C11H9BFN2.3CH3.Sn/c13-11-7-15-6-3-10(11)9-1-4-12(8-14)5-2-9;;;;/h1,3,6H,2,4-5H2;3*1H3;. The van der Waals surface area contributed by atoms with Gasteiger partial charge in [-0.3, -0.25) is 0 Å². The molecule has 0 aliphatic carbocycles. The SMILES string of the molecule is [CH3][Sn]([CH3])([CH3])[c]1nccc(C2=CCB(C#N)CC2)c1F. The van der Waals surface area contributed by atoms with Crippen molar-refractivity contribution in [2.75, 3.05) is 0 Å². The first-order valence-electron chi connectivity index (χ1n) is 6.67. The van der Waals surface area contributed by atoms with Crippen molar-refractivity contribution in [2.24, 2.45) is 0 Å². The molecule has 0 unspecified atom stereocenters. The molecule has 1 aromatic heterocycles. The van der Waals surface area contributed by atoms with E-state index in [-0.39, 0.29) is 12.5 Å². The van der Waals surface area contributed by atoms with E-state index in [4.69, 9.17) is 5.26 Å². The van der Waals surface area contributed by atoms with Crippen LogP contribution >= 0.6 is 0 Å². The van der Waals surface area contributed by atoms with Crippen LogP contribution in [0.4, 0.5) is 4.39 Å². The molecule has 19 heavy (non-hydrogen) atoms. The third kappa shape index (κ3) is 3.20. The molecule has 0 amide bonds. The number of aromatic nitrogens is 1. The molecule has 98 valence electrons. The number of pyridine rings is 1. The minimum atomic E-state index is -2.51. The van der Waals surface area contributed by atoms with Crippen molar-refractivity contribution in [3.05, 3.63) is 29.7 Å². The van der Waals surface area contributed by atoms with Gasteiger partial charge in [-0.05, 0) is 0 Å². The van der Waals surface area contributed by atoms with Crippen LogP contribution in [0.15, 0.2) is 18.3 Å². The third-order valence-corrected chi connectivity index (χ3v) is 8.59. The first kappa shape index (κ1) is 14.6. The molecule has 2 nitrogen and oxygen atoms in total. The quantitative estimate of drug-likeness (QED) is 0.758. The van der Waals surface area contributed by atoms with Gasteiger partial charge in [-0.1, -0.05) is 0 Å². The van der Waals surface area contributed by atoms with Crippen molar-refractivity contribution in [1.82, 2.24) is 4.98 Å². The number of hydrogen-bond donors (Lipinski definition) is 0. The molecule has 0 aromatic carbocycles. The Bertz CT molecular complexity index is 558. The van der Waals surface area contributed by atoms with E-state index in [9.17, 15) is 4.39 Å². The predicted molar refractivity (Wildman–Crippen MR) is 80.8 cm³/mol. The van der Waals surface area contributed by atoms with E-state index in [0.29, 0.717) is 5.56 Å². The Kier molecular flexibility index (Phi) is 4.34. The summed E-state index contributed by atoms with van der Waals surface area (Å²) in [6.45, 7) is 0.0925. The summed E-state index contributed by atoms with van der Waals surface area (Å²) in [7, 11) is 0. The second-order valence-corrected chi connectivity index (χ2v) is 20.3.